The highest BCUT2D eigenvalue weighted by molar-refractivity contribution is 9.10. The largest absolute Gasteiger partial charge is 0.493 e. The highest BCUT2D eigenvalue weighted by Gasteiger charge is 2.13. The van der Waals surface area contributed by atoms with E-state index in [-0.39, 0.29) is 5.56 Å². The molecule has 1 heterocycles. The van der Waals surface area contributed by atoms with Gasteiger partial charge in [-0.05, 0) is 48.0 Å². The van der Waals surface area contributed by atoms with Gasteiger partial charge in [0, 0.05) is 16.3 Å². The summed E-state index contributed by atoms with van der Waals surface area (Å²) in [6.45, 7) is 0. The number of hydrogen-bond acceptors (Lipinski definition) is 4. The first kappa shape index (κ1) is 19.2. The van der Waals surface area contributed by atoms with E-state index in [0.717, 1.165) is 26.8 Å². The van der Waals surface area contributed by atoms with Gasteiger partial charge in [-0.15, -0.1) is 0 Å². The standard InChI is InChI=1S/C23H19BrN2O3/c1-28-21-12-7-15(14-22(21)29-2)13-20-18-5-3-4-6-19(18)23(27)26(25-20)17-10-8-16(24)9-11-17/h3-12,14H,13H2,1-2H3. The zero-order valence-electron chi connectivity index (χ0n) is 16.1. The number of halogens is 1. The molecule has 0 bridgehead atoms. The fourth-order valence-corrected chi connectivity index (χ4v) is 3.59. The normalized spacial score (nSPS) is 10.9. The average Bonchev–Trinajstić information content (AvgIpc) is 2.76. The van der Waals surface area contributed by atoms with Gasteiger partial charge in [-0.3, -0.25) is 4.79 Å². The Bertz CT molecular complexity index is 1230. The predicted octanol–water partition coefficient (Wildman–Crippen LogP) is 4.76. The molecule has 0 aliphatic rings. The van der Waals surface area contributed by atoms with Crippen molar-refractivity contribution in [2.75, 3.05) is 14.2 Å². The van der Waals surface area contributed by atoms with E-state index in [9.17, 15) is 4.79 Å². The Hall–Kier alpha value is -3.12. The molecule has 0 amide bonds. The molecule has 146 valence electrons. The number of aromatic nitrogens is 2. The summed E-state index contributed by atoms with van der Waals surface area (Å²) >= 11 is 3.43. The van der Waals surface area contributed by atoms with E-state index in [0.29, 0.717) is 23.3 Å². The van der Waals surface area contributed by atoms with Gasteiger partial charge < -0.3 is 9.47 Å². The molecule has 1 aromatic heterocycles. The van der Waals surface area contributed by atoms with Crippen LogP contribution in [-0.2, 0) is 6.42 Å². The molecule has 0 N–H and O–H groups in total. The van der Waals surface area contributed by atoms with Crippen LogP contribution in [0.2, 0.25) is 0 Å². The predicted molar refractivity (Wildman–Crippen MR) is 117 cm³/mol. The quantitative estimate of drug-likeness (QED) is 0.439. The molecule has 5 nitrogen and oxygen atoms in total. The first-order valence-corrected chi connectivity index (χ1v) is 9.88. The molecule has 0 unspecified atom stereocenters. The van der Waals surface area contributed by atoms with Crippen LogP contribution in [0.25, 0.3) is 16.5 Å². The summed E-state index contributed by atoms with van der Waals surface area (Å²) in [5.41, 5.74) is 2.41. The van der Waals surface area contributed by atoms with Crippen LogP contribution in [0.15, 0.2) is 76.0 Å². The third-order valence-corrected chi connectivity index (χ3v) is 5.30. The van der Waals surface area contributed by atoms with E-state index in [1.165, 1.54) is 4.68 Å². The van der Waals surface area contributed by atoms with E-state index in [4.69, 9.17) is 14.6 Å². The summed E-state index contributed by atoms with van der Waals surface area (Å²) in [7, 11) is 3.23. The summed E-state index contributed by atoms with van der Waals surface area (Å²) in [5.74, 6) is 1.34. The van der Waals surface area contributed by atoms with Gasteiger partial charge >= 0.3 is 0 Å². The number of rotatable bonds is 5. The van der Waals surface area contributed by atoms with E-state index in [1.807, 2.05) is 66.7 Å². The minimum absolute atomic E-state index is 0.140. The van der Waals surface area contributed by atoms with Gasteiger partial charge in [0.25, 0.3) is 5.56 Å². The van der Waals surface area contributed by atoms with Gasteiger partial charge in [0.2, 0.25) is 0 Å². The van der Waals surface area contributed by atoms with Gasteiger partial charge in [-0.2, -0.15) is 9.78 Å². The van der Waals surface area contributed by atoms with Gasteiger partial charge in [-0.1, -0.05) is 40.2 Å². The van der Waals surface area contributed by atoms with Crippen molar-refractivity contribution in [3.63, 3.8) is 0 Å². The molecule has 0 aliphatic carbocycles. The van der Waals surface area contributed by atoms with Gasteiger partial charge in [0.15, 0.2) is 11.5 Å². The average molecular weight is 451 g/mol. The second-order valence-electron chi connectivity index (χ2n) is 6.55. The van der Waals surface area contributed by atoms with Crippen LogP contribution in [0, 0.1) is 0 Å². The zero-order chi connectivity index (χ0) is 20.4. The highest BCUT2D eigenvalue weighted by atomic mass is 79.9. The number of methoxy groups -OCH3 is 2. The van der Waals surface area contributed by atoms with Crippen LogP contribution in [-0.4, -0.2) is 24.0 Å². The van der Waals surface area contributed by atoms with Crippen molar-refractivity contribution in [2.24, 2.45) is 0 Å². The number of ether oxygens (including phenoxy) is 2. The smallest absolute Gasteiger partial charge is 0.279 e. The Kier molecular flexibility index (Phi) is 5.36. The fourth-order valence-electron chi connectivity index (χ4n) is 3.33. The third-order valence-electron chi connectivity index (χ3n) is 4.77. The summed E-state index contributed by atoms with van der Waals surface area (Å²) in [6, 6.07) is 20.9. The Morgan fingerprint density at radius 1 is 0.897 bits per heavy atom. The Balaban J connectivity index is 1.87. The second-order valence-corrected chi connectivity index (χ2v) is 7.47. The van der Waals surface area contributed by atoms with Crippen LogP contribution >= 0.6 is 15.9 Å². The van der Waals surface area contributed by atoms with Gasteiger partial charge in [0.05, 0.1) is 31.0 Å². The summed E-state index contributed by atoms with van der Waals surface area (Å²) in [4.78, 5) is 13.1. The first-order chi connectivity index (χ1) is 14.1. The van der Waals surface area contributed by atoms with Crippen LogP contribution < -0.4 is 15.0 Å². The fraction of sp³-hybridized carbons (Fsp3) is 0.130. The minimum Gasteiger partial charge on any atom is -0.493 e. The highest BCUT2D eigenvalue weighted by Crippen LogP contribution is 2.29. The van der Waals surface area contributed by atoms with Crippen molar-refractivity contribution in [2.45, 2.75) is 6.42 Å². The molecule has 0 radical (unpaired) electrons. The SMILES string of the molecule is COc1ccc(Cc2nn(-c3ccc(Br)cc3)c(=O)c3ccccc23)cc1OC. The van der Waals surface area contributed by atoms with Crippen LogP contribution in [0.5, 0.6) is 11.5 Å². The molecule has 4 rings (SSSR count). The molecule has 0 spiro atoms. The molecule has 0 atom stereocenters. The second kappa shape index (κ2) is 8.09. The Labute approximate surface area is 176 Å². The molecule has 0 fully saturated rings. The third kappa shape index (κ3) is 3.76. The monoisotopic (exact) mass is 450 g/mol. The summed E-state index contributed by atoms with van der Waals surface area (Å²) in [5, 5.41) is 6.20. The maximum atomic E-state index is 13.1. The Morgan fingerprint density at radius 2 is 1.59 bits per heavy atom. The number of fused-ring (bicyclic) bond motifs is 1. The lowest BCUT2D eigenvalue weighted by atomic mass is 10.0. The van der Waals surface area contributed by atoms with Gasteiger partial charge in [0.1, 0.15) is 0 Å². The lowest BCUT2D eigenvalue weighted by Crippen LogP contribution is -2.23. The first-order valence-electron chi connectivity index (χ1n) is 9.08. The molecule has 4 aromatic rings. The van der Waals surface area contributed by atoms with Crippen molar-refractivity contribution in [1.82, 2.24) is 9.78 Å². The maximum absolute atomic E-state index is 13.1. The summed E-state index contributed by atoms with van der Waals surface area (Å²) in [6.07, 6.45) is 0.553. The molecular weight excluding hydrogens is 432 g/mol. The lowest BCUT2D eigenvalue weighted by Gasteiger charge is -2.13. The van der Waals surface area contributed by atoms with E-state index in [2.05, 4.69) is 15.9 Å². The van der Waals surface area contributed by atoms with E-state index >= 15 is 0 Å². The molecule has 6 heteroatoms. The zero-order valence-corrected chi connectivity index (χ0v) is 17.6. The van der Waals surface area contributed by atoms with Crippen molar-refractivity contribution in [3.8, 4) is 17.2 Å². The van der Waals surface area contributed by atoms with Crippen LogP contribution in [0.1, 0.15) is 11.3 Å². The topological polar surface area (TPSA) is 53.4 Å². The number of benzene rings is 3. The molecule has 29 heavy (non-hydrogen) atoms. The van der Waals surface area contributed by atoms with Crippen molar-refractivity contribution in [1.29, 1.82) is 0 Å². The molecule has 0 saturated heterocycles. The minimum atomic E-state index is -0.140. The number of nitrogens with zero attached hydrogens (tertiary/aromatic N) is 2. The molecular formula is C23H19BrN2O3. The van der Waals surface area contributed by atoms with E-state index < -0.39 is 0 Å². The summed E-state index contributed by atoms with van der Waals surface area (Å²) < 4.78 is 13.2. The Morgan fingerprint density at radius 3 is 2.28 bits per heavy atom. The molecule has 0 saturated carbocycles. The lowest BCUT2D eigenvalue weighted by molar-refractivity contribution is 0.354. The van der Waals surface area contributed by atoms with Crippen LogP contribution in [0.3, 0.4) is 0 Å². The van der Waals surface area contributed by atoms with Crippen molar-refractivity contribution >= 4 is 26.7 Å². The number of hydrogen-bond donors (Lipinski definition) is 0. The van der Waals surface area contributed by atoms with Crippen molar-refractivity contribution < 1.29 is 9.47 Å². The molecule has 0 aliphatic heterocycles. The van der Waals surface area contributed by atoms with Crippen LogP contribution in [0.4, 0.5) is 0 Å². The van der Waals surface area contributed by atoms with Crippen molar-refractivity contribution in [3.05, 3.63) is 92.8 Å². The van der Waals surface area contributed by atoms with Gasteiger partial charge in [-0.25, -0.2) is 0 Å². The molecule has 3 aromatic carbocycles. The van der Waals surface area contributed by atoms with E-state index in [1.54, 1.807) is 14.2 Å². The maximum Gasteiger partial charge on any atom is 0.279 e.